The molecule has 40 heavy (non-hydrogen) atoms. The number of benzene rings is 3. The van der Waals surface area contributed by atoms with Crippen LogP contribution in [0.5, 0.6) is 11.5 Å². The molecule has 1 fully saturated rings. The van der Waals surface area contributed by atoms with Crippen LogP contribution in [0.1, 0.15) is 22.7 Å². The number of Topliss-reactive ketones (excluding diaryl/α,β-unsaturated/α-hetero) is 1. The number of phenols is 1. The molecule has 4 aromatic rings. The summed E-state index contributed by atoms with van der Waals surface area (Å²) in [4.78, 5) is 28.1. The molecule has 0 radical (unpaired) electrons. The first-order valence-corrected chi connectivity index (χ1v) is 15.3. The van der Waals surface area contributed by atoms with Crippen LogP contribution in [0, 0.1) is 0 Å². The van der Waals surface area contributed by atoms with E-state index in [1.165, 1.54) is 29.8 Å². The van der Waals surface area contributed by atoms with Crippen LogP contribution in [0.4, 0.5) is 5.13 Å². The largest absolute Gasteiger partial charge is 0.507 e. The molecule has 1 unspecified atom stereocenters. The number of phenolic OH excluding ortho intramolecular Hbond substituents is 1. The molecule has 3 aromatic carbocycles. The number of ether oxygens (including phenoxy) is 1. The van der Waals surface area contributed by atoms with Gasteiger partial charge in [0.1, 0.15) is 5.76 Å². The zero-order chi connectivity index (χ0) is 28.6. The summed E-state index contributed by atoms with van der Waals surface area (Å²) >= 11 is 15.5. The predicted molar refractivity (Wildman–Crippen MR) is 162 cm³/mol. The van der Waals surface area contributed by atoms with Crippen LogP contribution in [-0.4, -0.2) is 39.2 Å². The average Bonchev–Trinajstić information content (AvgIpc) is 3.51. The van der Waals surface area contributed by atoms with E-state index < -0.39 is 17.7 Å². The molecule has 1 saturated heterocycles. The molecule has 2 N–H and O–H groups in total. The van der Waals surface area contributed by atoms with Crippen molar-refractivity contribution in [2.75, 3.05) is 12.0 Å². The van der Waals surface area contributed by atoms with Gasteiger partial charge in [-0.25, -0.2) is 0 Å². The molecule has 204 valence electrons. The molecule has 0 aliphatic carbocycles. The van der Waals surface area contributed by atoms with Gasteiger partial charge in [-0.1, -0.05) is 81.0 Å². The highest BCUT2D eigenvalue weighted by atomic mass is 79.9. The van der Waals surface area contributed by atoms with Crippen LogP contribution < -0.4 is 9.64 Å². The lowest BCUT2D eigenvalue weighted by Crippen LogP contribution is -2.29. The van der Waals surface area contributed by atoms with E-state index in [0.717, 1.165) is 21.4 Å². The van der Waals surface area contributed by atoms with Gasteiger partial charge < -0.3 is 14.9 Å². The number of ketones is 1. The van der Waals surface area contributed by atoms with E-state index in [4.69, 9.17) is 16.3 Å². The van der Waals surface area contributed by atoms with Crippen molar-refractivity contribution in [1.29, 1.82) is 0 Å². The van der Waals surface area contributed by atoms with Gasteiger partial charge in [0.15, 0.2) is 15.8 Å². The number of halogens is 3. The molecule has 1 atom stereocenters. The molecule has 0 bridgehead atoms. The second-order valence-electron chi connectivity index (χ2n) is 8.46. The Labute approximate surface area is 258 Å². The third-order valence-electron chi connectivity index (χ3n) is 6.06. The second kappa shape index (κ2) is 11.9. The lowest BCUT2D eigenvalue weighted by molar-refractivity contribution is -0.132. The number of carbonyl (C=O) groups excluding carboxylic acids is 2. The number of aliphatic hydroxyl groups excluding tert-OH is 1. The minimum Gasteiger partial charge on any atom is -0.507 e. The van der Waals surface area contributed by atoms with Crippen LogP contribution in [-0.2, 0) is 15.3 Å². The number of aliphatic hydroxyl groups is 1. The summed E-state index contributed by atoms with van der Waals surface area (Å²) in [5.41, 5.74) is 1.54. The number of hydrogen-bond donors (Lipinski definition) is 2. The number of carbonyl (C=O) groups is 2. The molecule has 8 nitrogen and oxygen atoms in total. The van der Waals surface area contributed by atoms with Crippen LogP contribution in [0.25, 0.3) is 5.76 Å². The highest BCUT2D eigenvalue weighted by Crippen LogP contribution is 2.47. The molecule has 13 heteroatoms. The number of rotatable bonds is 7. The number of anilines is 1. The summed E-state index contributed by atoms with van der Waals surface area (Å²) in [6.45, 7) is 0. The Morgan fingerprint density at radius 2 is 1.85 bits per heavy atom. The molecule has 1 aliphatic rings. The maximum atomic E-state index is 13.5. The van der Waals surface area contributed by atoms with Gasteiger partial charge in [0.2, 0.25) is 5.13 Å². The number of nitrogens with zero attached hydrogens (tertiary/aromatic N) is 3. The number of aromatic hydroxyl groups is 1. The number of methoxy groups -OCH3 is 1. The monoisotopic (exact) mass is 721 g/mol. The Hall–Kier alpha value is -2.90. The molecular formula is C27H18Br2ClN3O5S2. The average molecular weight is 724 g/mol. The molecule has 2 heterocycles. The molecule has 1 amide bonds. The highest BCUT2D eigenvalue weighted by Gasteiger charge is 2.48. The first-order chi connectivity index (χ1) is 19.2. The summed E-state index contributed by atoms with van der Waals surface area (Å²) < 4.78 is 6.94. The highest BCUT2D eigenvalue weighted by molar-refractivity contribution is 9.10. The minimum absolute atomic E-state index is 0.117. The van der Waals surface area contributed by atoms with E-state index in [1.54, 1.807) is 36.4 Å². The van der Waals surface area contributed by atoms with Crippen molar-refractivity contribution in [2.24, 2.45) is 0 Å². The number of amides is 1. The van der Waals surface area contributed by atoms with E-state index in [9.17, 15) is 19.8 Å². The fourth-order valence-electron chi connectivity index (χ4n) is 4.13. The maximum absolute atomic E-state index is 13.5. The van der Waals surface area contributed by atoms with E-state index in [2.05, 4.69) is 42.1 Å². The predicted octanol–water partition coefficient (Wildman–Crippen LogP) is 7.35. The molecular weight excluding hydrogens is 706 g/mol. The van der Waals surface area contributed by atoms with Crippen molar-refractivity contribution in [1.82, 2.24) is 10.2 Å². The van der Waals surface area contributed by atoms with Gasteiger partial charge in [0.25, 0.3) is 5.78 Å². The molecule has 0 saturated carbocycles. The van der Waals surface area contributed by atoms with Crippen LogP contribution >= 0.6 is 66.6 Å². The third-order valence-corrected chi connectivity index (χ3v) is 9.67. The minimum atomic E-state index is -1.08. The molecule has 1 aliphatic heterocycles. The van der Waals surface area contributed by atoms with Crippen LogP contribution in [0.15, 0.2) is 79.5 Å². The van der Waals surface area contributed by atoms with E-state index in [1.807, 2.05) is 18.2 Å². The normalized spacial score (nSPS) is 16.5. The van der Waals surface area contributed by atoms with Gasteiger partial charge in [0.05, 0.1) is 23.2 Å². The topological polar surface area (TPSA) is 113 Å². The van der Waals surface area contributed by atoms with Crippen molar-refractivity contribution < 1.29 is 24.5 Å². The SMILES string of the molecule is COc1cc(C2/C(=C(/O)c3ccc(Br)cc3)C(=O)C(=O)N2c2nnc(SCc3ccccc3Cl)s2)cc(Br)c1O. The lowest BCUT2D eigenvalue weighted by Gasteiger charge is -2.23. The van der Waals surface area contributed by atoms with Crippen LogP contribution in [0.2, 0.25) is 5.02 Å². The molecule has 0 spiro atoms. The lowest BCUT2D eigenvalue weighted by atomic mass is 9.95. The number of thioether (sulfide) groups is 1. The Morgan fingerprint density at radius 3 is 2.55 bits per heavy atom. The zero-order valence-electron chi connectivity index (χ0n) is 20.5. The van der Waals surface area contributed by atoms with E-state index in [-0.39, 0.29) is 32.4 Å². The van der Waals surface area contributed by atoms with E-state index >= 15 is 0 Å². The third kappa shape index (κ3) is 5.51. The smallest absolute Gasteiger partial charge is 0.301 e. The van der Waals surface area contributed by atoms with Crippen LogP contribution in [0.3, 0.4) is 0 Å². The molecule has 5 rings (SSSR count). The fraction of sp³-hybridized carbons (Fsp3) is 0.111. The molecule has 1 aromatic heterocycles. The van der Waals surface area contributed by atoms with Gasteiger partial charge in [0, 0.05) is 20.8 Å². The quantitative estimate of drug-likeness (QED) is 0.0670. The van der Waals surface area contributed by atoms with Gasteiger partial charge >= 0.3 is 5.91 Å². The van der Waals surface area contributed by atoms with E-state index in [0.29, 0.717) is 26.2 Å². The summed E-state index contributed by atoms with van der Waals surface area (Å²) in [5.74, 6) is -1.60. The maximum Gasteiger partial charge on any atom is 0.301 e. The Kier molecular flexibility index (Phi) is 8.52. The zero-order valence-corrected chi connectivity index (χ0v) is 26.0. The Morgan fingerprint density at radius 1 is 1.12 bits per heavy atom. The number of aromatic nitrogens is 2. The van der Waals surface area contributed by atoms with Crippen molar-refractivity contribution in [2.45, 2.75) is 16.1 Å². The standard InChI is InChI=1S/C27H18Br2ClN3O5S2/c1-38-19-11-15(10-17(29)23(19)35)21-20(22(34)13-6-8-16(28)9-7-13)24(36)25(37)33(21)26-31-32-27(40-26)39-12-14-4-2-3-5-18(14)30/h2-11,21,34-35H,12H2,1H3/b22-20-. The van der Waals surface area contributed by atoms with Gasteiger partial charge in [-0.2, -0.15) is 0 Å². The first-order valence-electron chi connectivity index (χ1n) is 11.5. The number of hydrogen-bond acceptors (Lipinski definition) is 9. The Balaban J connectivity index is 1.60. The van der Waals surface area contributed by atoms with Crippen molar-refractivity contribution in [3.8, 4) is 11.5 Å². The summed E-state index contributed by atoms with van der Waals surface area (Å²) in [5, 5.41) is 30.9. The first kappa shape index (κ1) is 28.6. The Bertz CT molecular complexity index is 1660. The van der Waals surface area contributed by atoms with Gasteiger partial charge in [-0.3, -0.25) is 14.5 Å². The van der Waals surface area contributed by atoms with Gasteiger partial charge in [-0.05, 0) is 57.4 Å². The summed E-state index contributed by atoms with van der Waals surface area (Å²) in [7, 11) is 1.39. The van der Waals surface area contributed by atoms with Crippen molar-refractivity contribution in [3.05, 3.63) is 96.9 Å². The van der Waals surface area contributed by atoms with Crippen molar-refractivity contribution in [3.63, 3.8) is 0 Å². The van der Waals surface area contributed by atoms with Gasteiger partial charge in [-0.15, -0.1) is 10.2 Å². The summed E-state index contributed by atoms with van der Waals surface area (Å²) in [6.07, 6.45) is 0. The van der Waals surface area contributed by atoms with Crippen molar-refractivity contribution >= 4 is 89.1 Å². The summed E-state index contributed by atoms with van der Waals surface area (Å²) in [6, 6.07) is 16.1. The fourth-order valence-corrected chi connectivity index (χ4v) is 7.01. The second-order valence-corrected chi connectivity index (χ2v) is 12.8.